The summed E-state index contributed by atoms with van der Waals surface area (Å²) >= 11 is 0. The van der Waals surface area contributed by atoms with E-state index in [9.17, 15) is 0 Å². The third-order valence-corrected chi connectivity index (χ3v) is 1.74. The van der Waals surface area contributed by atoms with Crippen LogP contribution in [0.15, 0.2) is 0 Å². The lowest BCUT2D eigenvalue weighted by molar-refractivity contribution is 0.375. The van der Waals surface area contributed by atoms with E-state index in [1.807, 2.05) is 0 Å². The largest absolute Gasteiger partial charge is 0.306 e. The molecule has 0 aromatic rings. The van der Waals surface area contributed by atoms with Gasteiger partial charge < -0.3 is 4.90 Å². The molecule has 0 saturated carbocycles. The van der Waals surface area contributed by atoms with Gasteiger partial charge in [0, 0.05) is 6.54 Å². The summed E-state index contributed by atoms with van der Waals surface area (Å²) < 4.78 is 0. The highest BCUT2D eigenvalue weighted by molar-refractivity contribution is 4.67. The first kappa shape index (κ1) is 9.96. The molecule has 0 heterocycles. The van der Waals surface area contributed by atoms with E-state index in [0.29, 0.717) is 0 Å². The maximum Gasteiger partial charge on any atom is 0.000962 e. The molecule has 0 aromatic heterocycles. The minimum atomic E-state index is 1.15. The molecule has 1 radical (unpaired) electrons. The summed E-state index contributed by atoms with van der Waals surface area (Å²) in [7, 11) is 2.16. The van der Waals surface area contributed by atoms with Gasteiger partial charge in [0.05, 0.1) is 0 Å². The zero-order valence-corrected chi connectivity index (χ0v) is 7.56. The first-order valence-electron chi connectivity index (χ1n) is 4.31. The van der Waals surface area contributed by atoms with Crippen molar-refractivity contribution < 1.29 is 0 Å². The van der Waals surface area contributed by atoms with Crippen LogP contribution in [-0.2, 0) is 0 Å². The molecular formula is C9H20N. The maximum absolute atomic E-state index is 2.37. The second-order valence-corrected chi connectivity index (χ2v) is 2.79. The van der Waals surface area contributed by atoms with Crippen molar-refractivity contribution in [1.29, 1.82) is 0 Å². The number of nitrogens with zero attached hydrogens (tertiary/aromatic N) is 1. The quantitative estimate of drug-likeness (QED) is 0.514. The van der Waals surface area contributed by atoms with Crippen molar-refractivity contribution in [3.63, 3.8) is 0 Å². The number of hydrogen-bond acceptors (Lipinski definition) is 1. The molecule has 1 nitrogen and oxygen atoms in total. The molecule has 0 aliphatic carbocycles. The highest BCUT2D eigenvalue weighted by Gasteiger charge is 1.92. The van der Waals surface area contributed by atoms with Gasteiger partial charge in [-0.3, -0.25) is 0 Å². The Labute approximate surface area is 65.4 Å². The van der Waals surface area contributed by atoms with Gasteiger partial charge in [-0.25, -0.2) is 0 Å². The van der Waals surface area contributed by atoms with Crippen LogP contribution in [0.1, 0.15) is 33.1 Å². The van der Waals surface area contributed by atoms with E-state index in [2.05, 4.69) is 32.2 Å². The molecule has 0 spiro atoms. The number of hydrogen-bond donors (Lipinski definition) is 0. The van der Waals surface area contributed by atoms with E-state index >= 15 is 0 Å². The second-order valence-electron chi connectivity index (χ2n) is 2.79. The van der Waals surface area contributed by atoms with Crippen molar-refractivity contribution >= 4 is 0 Å². The smallest absolute Gasteiger partial charge is 0.000962 e. The van der Waals surface area contributed by atoms with Crippen molar-refractivity contribution in [2.45, 2.75) is 33.1 Å². The van der Waals surface area contributed by atoms with Gasteiger partial charge in [0.25, 0.3) is 0 Å². The third-order valence-electron chi connectivity index (χ3n) is 1.74. The van der Waals surface area contributed by atoms with Gasteiger partial charge in [0.15, 0.2) is 0 Å². The van der Waals surface area contributed by atoms with E-state index in [0.717, 1.165) is 13.1 Å². The van der Waals surface area contributed by atoms with Crippen LogP contribution < -0.4 is 0 Å². The molecule has 0 amide bonds. The Hall–Kier alpha value is -0.0400. The zero-order valence-electron chi connectivity index (χ0n) is 7.56. The summed E-state index contributed by atoms with van der Waals surface area (Å²) in [5, 5.41) is 0. The number of rotatable bonds is 6. The zero-order chi connectivity index (χ0) is 7.82. The molecule has 0 aliphatic rings. The van der Waals surface area contributed by atoms with Gasteiger partial charge >= 0.3 is 0 Å². The van der Waals surface area contributed by atoms with E-state index in [1.54, 1.807) is 0 Å². The molecular weight excluding hydrogens is 122 g/mol. The Morgan fingerprint density at radius 1 is 1.30 bits per heavy atom. The molecule has 0 bridgehead atoms. The van der Waals surface area contributed by atoms with Crippen LogP contribution >= 0.6 is 0 Å². The molecule has 0 aromatic carbocycles. The Bertz CT molecular complexity index is 61.7. The van der Waals surface area contributed by atoms with Gasteiger partial charge in [-0.15, -0.1) is 0 Å². The molecule has 0 aliphatic heterocycles. The Morgan fingerprint density at radius 2 is 2.00 bits per heavy atom. The molecule has 10 heavy (non-hydrogen) atoms. The summed E-state index contributed by atoms with van der Waals surface area (Å²) in [6.07, 6.45) is 6.30. The third kappa shape index (κ3) is 6.09. The Kier molecular flexibility index (Phi) is 7.04. The molecule has 1 heteroatoms. The summed E-state index contributed by atoms with van der Waals surface area (Å²) in [4.78, 5) is 2.32. The molecule has 0 fully saturated rings. The van der Waals surface area contributed by atoms with Crippen molar-refractivity contribution in [1.82, 2.24) is 4.90 Å². The van der Waals surface area contributed by atoms with Crippen LogP contribution in [0, 0.1) is 6.42 Å². The highest BCUT2D eigenvalue weighted by Crippen LogP contribution is 1.98. The molecule has 0 unspecified atom stereocenters. The topological polar surface area (TPSA) is 3.24 Å². The number of unbranched alkanes of at least 4 members (excludes halogenated alkanes) is 3. The Balaban J connectivity index is 2.89. The maximum atomic E-state index is 2.37. The second kappa shape index (κ2) is 7.07. The summed E-state index contributed by atoms with van der Waals surface area (Å²) in [6.45, 7) is 6.73. The van der Waals surface area contributed by atoms with E-state index in [4.69, 9.17) is 0 Å². The van der Waals surface area contributed by atoms with Crippen LogP contribution in [0.3, 0.4) is 0 Å². The van der Waals surface area contributed by atoms with Gasteiger partial charge in [-0.2, -0.15) is 0 Å². The van der Waals surface area contributed by atoms with Gasteiger partial charge in [-0.1, -0.05) is 26.7 Å². The van der Waals surface area contributed by atoms with Crippen molar-refractivity contribution in [3.8, 4) is 0 Å². The molecule has 61 valence electrons. The molecule has 0 atom stereocenters. The van der Waals surface area contributed by atoms with Gasteiger partial charge in [0.2, 0.25) is 0 Å². The fraction of sp³-hybridized carbons (Fsp3) is 0.889. The molecule has 0 N–H and O–H groups in total. The van der Waals surface area contributed by atoms with E-state index < -0.39 is 0 Å². The van der Waals surface area contributed by atoms with Crippen LogP contribution in [0.25, 0.3) is 0 Å². The molecule has 0 saturated heterocycles. The monoisotopic (exact) mass is 142 g/mol. The van der Waals surface area contributed by atoms with Crippen LogP contribution in [-0.4, -0.2) is 25.0 Å². The fourth-order valence-electron chi connectivity index (χ4n) is 0.789. The first-order valence-corrected chi connectivity index (χ1v) is 4.31. The predicted octanol–water partition coefficient (Wildman–Crippen LogP) is 2.33. The summed E-state index contributed by atoms with van der Waals surface area (Å²) in [5.74, 6) is 0. The van der Waals surface area contributed by atoms with Crippen LogP contribution in [0.2, 0.25) is 0 Å². The summed E-state index contributed by atoms with van der Waals surface area (Å²) in [6, 6.07) is 0. The SMILES string of the molecule is CCCC[CH]CN(C)CC. The lowest BCUT2D eigenvalue weighted by Crippen LogP contribution is -2.18. The van der Waals surface area contributed by atoms with E-state index in [1.165, 1.54) is 19.3 Å². The van der Waals surface area contributed by atoms with Gasteiger partial charge in [-0.05, 0) is 26.4 Å². The standard InChI is InChI=1S/C9H20N/c1-4-6-7-8-9-10(3)5-2/h8H,4-7,9H2,1-3H3. The Morgan fingerprint density at radius 3 is 2.50 bits per heavy atom. The highest BCUT2D eigenvalue weighted by atomic mass is 15.1. The minimum Gasteiger partial charge on any atom is -0.306 e. The van der Waals surface area contributed by atoms with Gasteiger partial charge in [0.1, 0.15) is 0 Å². The summed E-state index contributed by atoms with van der Waals surface area (Å²) in [5.41, 5.74) is 0. The lowest BCUT2D eigenvalue weighted by atomic mass is 10.2. The average molecular weight is 142 g/mol. The lowest BCUT2D eigenvalue weighted by Gasteiger charge is -2.12. The average Bonchev–Trinajstić information content (AvgIpc) is 1.98. The fourth-order valence-corrected chi connectivity index (χ4v) is 0.789. The van der Waals surface area contributed by atoms with Crippen LogP contribution in [0.4, 0.5) is 0 Å². The van der Waals surface area contributed by atoms with Crippen molar-refractivity contribution in [2.75, 3.05) is 20.1 Å². The minimum absolute atomic E-state index is 1.15. The van der Waals surface area contributed by atoms with Crippen molar-refractivity contribution in [2.24, 2.45) is 0 Å². The first-order chi connectivity index (χ1) is 4.81. The normalized spacial score (nSPS) is 10.8. The van der Waals surface area contributed by atoms with Crippen molar-refractivity contribution in [3.05, 3.63) is 6.42 Å². The predicted molar refractivity (Wildman–Crippen MR) is 47.0 cm³/mol. The molecule has 0 rings (SSSR count). The van der Waals surface area contributed by atoms with E-state index in [-0.39, 0.29) is 0 Å². The van der Waals surface area contributed by atoms with Crippen LogP contribution in [0.5, 0.6) is 0 Å².